The van der Waals surface area contributed by atoms with Crippen LogP contribution in [0.25, 0.3) is 12.2 Å². The molecule has 1 aromatic heterocycles. The van der Waals surface area contributed by atoms with Gasteiger partial charge in [0.2, 0.25) is 15.9 Å². The molecule has 1 fully saturated rings. The van der Waals surface area contributed by atoms with Crippen molar-refractivity contribution in [3.05, 3.63) is 75.6 Å². The van der Waals surface area contributed by atoms with Crippen LogP contribution < -0.4 is 5.32 Å². The Morgan fingerprint density at radius 2 is 1.71 bits per heavy atom. The normalized spacial score (nSPS) is 15.5. The summed E-state index contributed by atoms with van der Waals surface area (Å²) in [5, 5.41) is 7.25. The van der Waals surface area contributed by atoms with Crippen LogP contribution in [0.2, 0.25) is 5.02 Å². The van der Waals surface area contributed by atoms with Crippen LogP contribution in [0.5, 0.6) is 0 Å². The predicted octanol–water partition coefficient (Wildman–Crippen LogP) is 5.46. The number of nitrogens with one attached hydrogen (secondary N) is 1. The van der Waals surface area contributed by atoms with Gasteiger partial charge in [0.15, 0.2) is 10.7 Å². The highest BCUT2D eigenvalue weighted by molar-refractivity contribution is 7.89. The Hall–Kier alpha value is -2.94. The van der Waals surface area contributed by atoms with E-state index in [1.54, 1.807) is 31.2 Å². The first kappa shape index (κ1) is 25.2. The Labute approximate surface area is 210 Å². The molecule has 1 aliphatic heterocycles. The fraction of sp³-hybridized carbons (Fsp3) is 0.308. The molecule has 1 amide bonds. The zero-order valence-corrected chi connectivity index (χ0v) is 21.5. The summed E-state index contributed by atoms with van der Waals surface area (Å²) in [5.41, 5.74) is 3.93. The monoisotopic (exact) mass is 513 g/mol. The van der Waals surface area contributed by atoms with Crippen molar-refractivity contribution in [3.8, 4) is 0 Å². The number of halogens is 1. The lowest BCUT2D eigenvalue weighted by atomic mass is 9.97. The Bertz CT molecular complexity index is 1360. The second-order valence-corrected chi connectivity index (χ2v) is 11.1. The van der Waals surface area contributed by atoms with E-state index < -0.39 is 10.0 Å². The van der Waals surface area contributed by atoms with Crippen LogP contribution in [0.3, 0.4) is 0 Å². The molecule has 35 heavy (non-hydrogen) atoms. The van der Waals surface area contributed by atoms with Crippen LogP contribution in [-0.4, -0.2) is 36.9 Å². The molecule has 0 spiro atoms. The fourth-order valence-electron chi connectivity index (χ4n) is 4.09. The van der Waals surface area contributed by atoms with Gasteiger partial charge >= 0.3 is 0 Å². The van der Waals surface area contributed by atoms with Gasteiger partial charge in [-0.2, -0.15) is 4.31 Å². The second kappa shape index (κ2) is 10.4. The molecule has 184 valence electrons. The molecule has 2 aromatic carbocycles. The number of nitrogens with zero attached hydrogens (tertiary/aromatic N) is 2. The molecule has 1 N–H and O–H groups in total. The van der Waals surface area contributed by atoms with Crippen LogP contribution >= 0.6 is 11.6 Å². The van der Waals surface area contributed by atoms with Gasteiger partial charge in [-0.3, -0.25) is 4.79 Å². The Balaban J connectivity index is 1.45. The molecule has 3 aromatic rings. The van der Waals surface area contributed by atoms with Gasteiger partial charge in [0.1, 0.15) is 5.69 Å². The molecule has 4 rings (SSSR count). The lowest BCUT2D eigenvalue weighted by Crippen LogP contribution is -2.41. The smallest absolute Gasteiger partial charge is 0.248 e. The van der Waals surface area contributed by atoms with E-state index in [9.17, 15) is 13.2 Å². The van der Waals surface area contributed by atoms with Gasteiger partial charge in [-0.15, -0.1) is 0 Å². The lowest BCUT2D eigenvalue weighted by molar-refractivity contribution is -0.120. The van der Waals surface area contributed by atoms with Gasteiger partial charge in [-0.25, -0.2) is 8.42 Å². The number of aromatic nitrogens is 1. The van der Waals surface area contributed by atoms with E-state index in [2.05, 4.69) is 10.5 Å². The highest BCUT2D eigenvalue weighted by Gasteiger charge is 2.36. The Morgan fingerprint density at radius 1 is 1.06 bits per heavy atom. The van der Waals surface area contributed by atoms with Crippen LogP contribution in [0, 0.1) is 26.7 Å². The van der Waals surface area contributed by atoms with Crippen molar-refractivity contribution in [2.24, 2.45) is 5.92 Å². The molecule has 0 aliphatic carbocycles. The summed E-state index contributed by atoms with van der Waals surface area (Å²) < 4.78 is 33.7. The first-order chi connectivity index (χ1) is 16.6. The minimum Gasteiger partial charge on any atom is -0.355 e. The summed E-state index contributed by atoms with van der Waals surface area (Å²) >= 11 is 6.23. The van der Waals surface area contributed by atoms with Crippen molar-refractivity contribution in [2.45, 2.75) is 38.5 Å². The first-order valence-corrected chi connectivity index (χ1v) is 13.2. The van der Waals surface area contributed by atoms with E-state index in [4.69, 9.17) is 16.1 Å². The number of rotatable bonds is 6. The van der Waals surface area contributed by atoms with Crippen LogP contribution in [0.4, 0.5) is 5.69 Å². The lowest BCUT2D eigenvalue weighted by Gasteiger charge is -2.30. The van der Waals surface area contributed by atoms with Gasteiger partial charge in [-0.05, 0) is 62.9 Å². The van der Waals surface area contributed by atoms with E-state index in [0.29, 0.717) is 29.2 Å². The third kappa shape index (κ3) is 5.66. The topological polar surface area (TPSA) is 92.5 Å². The number of sulfonamides is 1. The van der Waals surface area contributed by atoms with Crippen molar-refractivity contribution in [3.63, 3.8) is 0 Å². The largest absolute Gasteiger partial charge is 0.355 e. The maximum Gasteiger partial charge on any atom is 0.248 e. The van der Waals surface area contributed by atoms with Gasteiger partial charge in [0, 0.05) is 19.0 Å². The highest BCUT2D eigenvalue weighted by Crippen LogP contribution is 2.30. The van der Waals surface area contributed by atoms with E-state index in [-0.39, 0.29) is 35.6 Å². The molecule has 0 saturated carbocycles. The number of hydrogen-bond acceptors (Lipinski definition) is 5. The summed E-state index contributed by atoms with van der Waals surface area (Å²) in [5.74, 6) is -0.268. The number of amides is 1. The molecule has 0 radical (unpaired) electrons. The van der Waals surface area contributed by atoms with Crippen molar-refractivity contribution < 1.29 is 17.7 Å². The van der Waals surface area contributed by atoms with E-state index >= 15 is 0 Å². The standard InChI is InChI=1S/C26H28ClN3O4S/c1-17-4-7-20(8-5-17)9-11-24-25(19(3)29-34-24)35(32,33)30-14-12-21(13-15-30)26(31)28-23-10-6-18(2)16-22(23)27/h4-11,16,21H,12-15H2,1-3H3,(H,28,31). The van der Waals surface area contributed by atoms with Crippen molar-refractivity contribution >= 4 is 45.4 Å². The molecule has 9 heteroatoms. The van der Waals surface area contributed by atoms with Gasteiger partial charge in [0.05, 0.1) is 10.7 Å². The molecule has 1 saturated heterocycles. The maximum absolute atomic E-state index is 13.5. The number of aryl methyl sites for hydroxylation is 3. The second-order valence-electron chi connectivity index (χ2n) is 8.86. The van der Waals surface area contributed by atoms with E-state index in [0.717, 1.165) is 16.7 Å². The minimum atomic E-state index is -3.84. The van der Waals surface area contributed by atoms with Crippen molar-refractivity contribution in [2.75, 3.05) is 18.4 Å². The van der Waals surface area contributed by atoms with Gasteiger partial charge in [0.25, 0.3) is 0 Å². The zero-order valence-electron chi connectivity index (χ0n) is 19.9. The first-order valence-electron chi connectivity index (χ1n) is 11.4. The van der Waals surface area contributed by atoms with Crippen LogP contribution in [0.15, 0.2) is 51.9 Å². The SMILES string of the molecule is Cc1ccc(C=Cc2onc(C)c2S(=O)(=O)N2CCC(C(=O)Nc3ccc(C)cc3Cl)CC2)cc1. The van der Waals surface area contributed by atoms with Gasteiger partial charge in [-0.1, -0.05) is 58.7 Å². The average molecular weight is 514 g/mol. The molecule has 0 unspecified atom stereocenters. The molecular formula is C26H28ClN3O4S. The fourth-order valence-corrected chi connectivity index (χ4v) is 6.09. The molecule has 0 atom stereocenters. The van der Waals surface area contributed by atoms with Crippen molar-refractivity contribution in [1.82, 2.24) is 9.46 Å². The molecule has 2 heterocycles. The molecule has 1 aliphatic rings. The highest BCUT2D eigenvalue weighted by atomic mass is 35.5. The minimum absolute atomic E-state index is 0.0650. The summed E-state index contributed by atoms with van der Waals surface area (Å²) in [4.78, 5) is 12.8. The number of carbonyl (C=O) groups excluding carboxylic acids is 1. The summed E-state index contributed by atoms with van der Waals surface area (Å²) in [6.45, 7) is 6.00. The predicted molar refractivity (Wildman–Crippen MR) is 138 cm³/mol. The number of anilines is 1. The molecule has 0 bridgehead atoms. The van der Waals surface area contributed by atoms with Crippen molar-refractivity contribution in [1.29, 1.82) is 0 Å². The zero-order chi connectivity index (χ0) is 25.2. The number of piperidine rings is 1. The van der Waals surface area contributed by atoms with E-state index in [1.807, 2.05) is 44.2 Å². The number of carbonyl (C=O) groups is 1. The third-order valence-corrected chi connectivity index (χ3v) is 8.51. The summed E-state index contributed by atoms with van der Waals surface area (Å²) in [6.07, 6.45) is 4.25. The molecular weight excluding hydrogens is 486 g/mol. The number of hydrogen-bond donors (Lipinski definition) is 1. The summed E-state index contributed by atoms with van der Waals surface area (Å²) in [7, 11) is -3.84. The quantitative estimate of drug-likeness (QED) is 0.472. The summed E-state index contributed by atoms with van der Waals surface area (Å²) in [6, 6.07) is 13.3. The molecule has 7 nitrogen and oxygen atoms in total. The van der Waals surface area contributed by atoms with Crippen LogP contribution in [-0.2, 0) is 14.8 Å². The van der Waals surface area contributed by atoms with Gasteiger partial charge < -0.3 is 9.84 Å². The third-order valence-electron chi connectivity index (χ3n) is 6.14. The Morgan fingerprint density at radius 3 is 2.37 bits per heavy atom. The Kier molecular flexibility index (Phi) is 7.44. The number of benzene rings is 2. The average Bonchev–Trinajstić information content (AvgIpc) is 3.21. The van der Waals surface area contributed by atoms with E-state index in [1.165, 1.54) is 4.31 Å². The van der Waals surface area contributed by atoms with Crippen LogP contribution in [0.1, 0.15) is 41.0 Å². The maximum atomic E-state index is 13.5.